The van der Waals surface area contributed by atoms with Crippen LogP contribution in [0, 0.1) is 0 Å². The molecule has 2 aromatic carbocycles. The SMILES string of the molecule is CC1CCN(S(=O)(=O)c2cccc(CC(=O)O)c2)c2ccccc21. The van der Waals surface area contributed by atoms with Gasteiger partial charge in [0.1, 0.15) is 0 Å². The summed E-state index contributed by atoms with van der Waals surface area (Å²) in [6.45, 7) is 2.51. The van der Waals surface area contributed by atoms with Crippen LogP contribution in [0.25, 0.3) is 0 Å². The molecule has 0 bridgehead atoms. The Morgan fingerprint density at radius 3 is 2.71 bits per heavy atom. The van der Waals surface area contributed by atoms with Crippen molar-refractivity contribution in [3.05, 3.63) is 59.7 Å². The Morgan fingerprint density at radius 2 is 1.96 bits per heavy atom. The Bertz CT molecular complexity index is 876. The molecule has 1 aliphatic rings. The first-order chi connectivity index (χ1) is 11.4. The van der Waals surface area contributed by atoms with Crippen LogP contribution in [0.1, 0.15) is 30.4 Å². The molecule has 0 radical (unpaired) electrons. The Morgan fingerprint density at radius 1 is 1.21 bits per heavy atom. The van der Waals surface area contributed by atoms with Crippen LogP contribution in [0.2, 0.25) is 0 Å². The van der Waals surface area contributed by atoms with Gasteiger partial charge in [-0.25, -0.2) is 8.42 Å². The normalized spacial score (nSPS) is 17.4. The summed E-state index contributed by atoms with van der Waals surface area (Å²) in [6.07, 6.45) is 0.558. The fourth-order valence-electron chi connectivity index (χ4n) is 3.09. The van der Waals surface area contributed by atoms with Crippen LogP contribution >= 0.6 is 0 Å². The standard InChI is InChI=1S/C18H19NO4S/c1-13-9-10-19(17-8-3-2-7-16(13)17)24(22,23)15-6-4-5-14(11-15)12-18(20)21/h2-8,11,13H,9-10,12H2,1H3,(H,20,21). The van der Waals surface area contributed by atoms with Gasteiger partial charge < -0.3 is 5.11 Å². The molecule has 1 unspecified atom stereocenters. The summed E-state index contributed by atoms with van der Waals surface area (Å²) in [5, 5.41) is 8.91. The summed E-state index contributed by atoms with van der Waals surface area (Å²) >= 11 is 0. The average molecular weight is 345 g/mol. The van der Waals surface area contributed by atoms with Gasteiger partial charge in [0.2, 0.25) is 0 Å². The number of hydrogen-bond acceptors (Lipinski definition) is 3. The Labute approximate surface area is 141 Å². The Balaban J connectivity index is 2.03. The molecule has 0 aromatic heterocycles. The molecule has 1 atom stereocenters. The number of carbonyl (C=O) groups is 1. The average Bonchev–Trinajstić information content (AvgIpc) is 2.55. The summed E-state index contributed by atoms with van der Waals surface area (Å²) in [5.74, 6) is -0.673. The van der Waals surface area contributed by atoms with Gasteiger partial charge in [-0.05, 0) is 41.7 Å². The first-order valence-electron chi connectivity index (χ1n) is 7.82. The highest BCUT2D eigenvalue weighted by atomic mass is 32.2. The van der Waals surface area contributed by atoms with Gasteiger partial charge in [0.15, 0.2) is 0 Å². The topological polar surface area (TPSA) is 74.7 Å². The molecule has 0 saturated carbocycles. The largest absolute Gasteiger partial charge is 0.481 e. The predicted molar refractivity (Wildman–Crippen MR) is 91.8 cm³/mol. The maximum atomic E-state index is 13.1. The number of aliphatic carboxylic acids is 1. The fourth-order valence-corrected chi connectivity index (χ4v) is 4.66. The van der Waals surface area contributed by atoms with Gasteiger partial charge in [-0.2, -0.15) is 0 Å². The fraction of sp³-hybridized carbons (Fsp3) is 0.278. The molecular weight excluding hydrogens is 326 g/mol. The third-order valence-corrected chi connectivity index (χ3v) is 6.15. The number of carboxylic acid groups (broad SMARTS) is 1. The van der Waals surface area contributed by atoms with E-state index in [0.717, 1.165) is 12.0 Å². The van der Waals surface area contributed by atoms with E-state index in [-0.39, 0.29) is 11.3 Å². The minimum Gasteiger partial charge on any atom is -0.481 e. The molecule has 1 N–H and O–H groups in total. The van der Waals surface area contributed by atoms with E-state index in [1.807, 2.05) is 24.3 Å². The minimum absolute atomic E-state index is 0.130. The van der Waals surface area contributed by atoms with Gasteiger partial charge in [-0.1, -0.05) is 37.3 Å². The lowest BCUT2D eigenvalue weighted by atomic mass is 9.93. The van der Waals surface area contributed by atoms with E-state index in [9.17, 15) is 13.2 Å². The van der Waals surface area contributed by atoms with E-state index in [4.69, 9.17) is 5.11 Å². The van der Waals surface area contributed by atoms with Crippen molar-refractivity contribution >= 4 is 21.7 Å². The summed E-state index contributed by atoms with van der Waals surface area (Å²) in [6, 6.07) is 13.7. The first-order valence-corrected chi connectivity index (χ1v) is 9.26. The zero-order chi connectivity index (χ0) is 17.3. The number of hydrogen-bond donors (Lipinski definition) is 1. The highest BCUT2D eigenvalue weighted by Gasteiger charge is 2.31. The molecule has 0 fully saturated rings. The van der Waals surface area contributed by atoms with Crippen LogP contribution < -0.4 is 4.31 Å². The van der Waals surface area contributed by atoms with E-state index in [0.29, 0.717) is 23.7 Å². The molecule has 3 rings (SSSR count). The smallest absolute Gasteiger partial charge is 0.307 e. The van der Waals surface area contributed by atoms with Crippen molar-refractivity contribution < 1.29 is 18.3 Å². The predicted octanol–water partition coefficient (Wildman–Crippen LogP) is 3.02. The molecule has 24 heavy (non-hydrogen) atoms. The minimum atomic E-state index is -3.72. The van der Waals surface area contributed by atoms with E-state index in [1.54, 1.807) is 12.1 Å². The lowest BCUT2D eigenvalue weighted by Crippen LogP contribution is -2.36. The number of carboxylic acids is 1. The monoisotopic (exact) mass is 345 g/mol. The molecule has 1 heterocycles. The third-order valence-electron chi connectivity index (χ3n) is 4.34. The maximum absolute atomic E-state index is 13.1. The summed E-state index contributed by atoms with van der Waals surface area (Å²) in [4.78, 5) is 11.0. The molecular formula is C18H19NO4S. The first kappa shape index (κ1) is 16.5. The summed E-state index contributed by atoms with van der Waals surface area (Å²) in [5.41, 5.74) is 2.20. The van der Waals surface area contributed by atoms with E-state index < -0.39 is 16.0 Å². The summed E-state index contributed by atoms with van der Waals surface area (Å²) in [7, 11) is -3.72. The molecule has 0 aliphatic carbocycles. The number of fused-ring (bicyclic) bond motifs is 1. The molecule has 5 nitrogen and oxygen atoms in total. The Hall–Kier alpha value is -2.34. The van der Waals surface area contributed by atoms with E-state index in [2.05, 4.69) is 6.92 Å². The summed E-state index contributed by atoms with van der Waals surface area (Å²) < 4.78 is 27.6. The van der Waals surface area contributed by atoms with Crippen molar-refractivity contribution in [1.82, 2.24) is 0 Å². The maximum Gasteiger partial charge on any atom is 0.307 e. The number of rotatable bonds is 4. The van der Waals surface area contributed by atoms with Crippen LogP contribution in [-0.2, 0) is 21.2 Å². The number of nitrogens with zero attached hydrogens (tertiary/aromatic N) is 1. The zero-order valence-corrected chi connectivity index (χ0v) is 14.2. The second-order valence-corrected chi connectivity index (χ2v) is 7.91. The molecule has 0 amide bonds. The zero-order valence-electron chi connectivity index (χ0n) is 13.3. The molecule has 0 spiro atoms. The number of para-hydroxylation sites is 1. The third kappa shape index (κ3) is 3.01. The lowest BCUT2D eigenvalue weighted by Gasteiger charge is -2.33. The van der Waals surface area contributed by atoms with Crippen molar-refractivity contribution in [2.45, 2.75) is 30.6 Å². The second kappa shape index (κ2) is 6.28. The van der Waals surface area contributed by atoms with Crippen LogP contribution in [-0.4, -0.2) is 26.0 Å². The van der Waals surface area contributed by atoms with Crippen molar-refractivity contribution in [3.63, 3.8) is 0 Å². The quantitative estimate of drug-likeness (QED) is 0.924. The number of benzene rings is 2. The van der Waals surface area contributed by atoms with Gasteiger partial charge >= 0.3 is 5.97 Å². The molecule has 1 aliphatic heterocycles. The van der Waals surface area contributed by atoms with Crippen molar-refractivity contribution in [2.75, 3.05) is 10.8 Å². The van der Waals surface area contributed by atoms with Gasteiger partial charge in [-0.15, -0.1) is 0 Å². The van der Waals surface area contributed by atoms with E-state index in [1.165, 1.54) is 16.4 Å². The highest BCUT2D eigenvalue weighted by Crippen LogP contribution is 2.37. The molecule has 2 aromatic rings. The number of anilines is 1. The number of sulfonamides is 1. The van der Waals surface area contributed by atoms with E-state index >= 15 is 0 Å². The van der Waals surface area contributed by atoms with Crippen LogP contribution in [0.4, 0.5) is 5.69 Å². The van der Waals surface area contributed by atoms with Crippen molar-refractivity contribution in [1.29, 1.82) is 0 Å². The Kier molecular flexibility index (Phi) is 4.32. The van der Waals surface area contributed by atoms with Crippen molar-refractivity contribution in [2.24, 2.45) is 0 Å². The van der Waals surface area contributed by atoms with Gasteiger partial charge in [-0.3, -0.25) is 9.10 Å². The highest BCUT2D eigenvalue weighted by molar-refractivity contribution is 7.92. The second-order valence-electron chi connectivity index (χ2n) is 6.04. The van der Waals surface area contributed by atoms with Gasteiger partial charge in [0.25, 0.3) is 10.0 Å². The van der Waals surface area contributed by atoms with Crippen molar-refractivity contribution in [3.8, 4) is 0 Å². The van der Waals surface area contributed by atoms with Crippen LogP contribution in [0.3, 0.4) is 0 Å². The van der Waals surface area contributed by atoms with Gasteiger partial charge in [0.05, 0.1) is 17.0 Å². The molecule has 6 heteroatoms. The van der Waals surface area contributed by atoms with Gasteiger partial charge in [0, 0.05) is 6.54 Å². The lowest BCUT2D eigenvalue weighted by molar-refractivity contribution is -0.136. The molecule has 126 valence electrons. The van der Waals surface area contributed by atoms with Crippen LogP contribution in [0.5, 0.6) is 0 Å². The molecule has 0 saturated heterocycles. The van der Waals surface area contributed by atoms with Crippen LogP contribution in [0.15, 0.2) is 53.4 Å².